The van der Waals surface area contributed by atoms with Crippen LogP contribution in [0.5, 0.6) is 0 Å². The highest BCUT2D eigenvalue weighted by Crippen LogP contribution is 2.06. The van der Waals surface area contributed by atoms with Crippen LogP contribution < -0.4 is 0 Å². The minimum absolute atomic E-state index is 0.0976. The highest BCUT2D eigenvalue weighted by Gasteiger charge is 2.12. The zero-order valence-corrected chi connectivity index (χ0v) is 7.05. The Balaban J connectivity index is 4.00. The van der Waals surface area contributed by atoms with Crippen molar-refractivity contribution in [3.63, 3.8) is 0 Å². The van der Waals surface area contributed by atoms with Gasteiger partial charge in [-0.2, -0.15) is 4.99 Å². The van der Waals surface area contributed by atoms with E-state index in [4.69, 9.17) is 6.42 Å². The van der Waals surface area contributed by atoms with E-state index in [9.17, 15) is 0 Å². The van der Waals surface area contributed by atoms with Gasteiger partial charge in [0, 0.05) is 18.6 Å². The van der Waals surface area contributed by atoms with E-state index in [-0.39, 0.29) is 5.54 Å². The zero-order chi connectivity index (χ0) is 8.20. The fourth-order valence-corrected chi connectivity index (χ4v) is 0.293. The summed E-state index contributed by atoms with van der Waals surface area (Å²) in [5, 5.41) is 0. The van der Waals surface area contributed by atoms with E-state index < -0.39 is 0 Å². The molecular weight excluding hydrogens is 124 g/mol. The van der Waals surface area contributed by atoms with Crippen molar-refractivity contribution >= 4 is 6.34 Å². The second kappa shape index (κ2) is 3.26. The average molecular weight is 138 g/mol. The smallest absolute Gasteiger partial charge is 0.102 e. The largest absolute Gasteiger partial charge is 0.360 e. The Labute approximate surface area is 62.9 Å². The maximum Gasteiger partial charge on any atom is 0.102 e. The maximum atomic E-state index is 4.95. The molecule has 0 aliphatic carbocycles. The predicted octanol–water partition coefficient (Wildman–Crippen LogP) is 1.34. The van der Waals surface area contributed by atoms with Crippen LogP contribution in [-0.2, 0) is 0 Å². The molecule has 0 bridgehead atoms. The van der Waals surface area contributed by atoms with E-state index in [1.165, 1.54) is 0 Å². The molecule has 0 atom stereocenters. The van der Waals surface area contributed by atoms with Crippen molar-refractivity contribution in [2.24, 2.45) is 4.99 Å². The van der Waals surface area contributed by atoms with Gasteiger partial charge < -0.3 is 4.90 Å². The van der Waals surface area contributed by atoms with Gasteiger partial charge in [-0.05, 0) is 20.8 Å². The molecule has 0 spiro atoms. The van der Waals surface area contributed by atoms with Crippen molar-refractivity contribution in [3.05, 3.63) is 0 Å². The van der Waals surface area contributed by atoms with E-state index >= 15 is 0 Å². The molecule has 0 rings (SSSR count). The molecule has 0 unspecified atom stereocenters. The molecule has 0 saturated heterocycles. The van der Waals surface area contributed by atoms with E-state index in [0.717, 1.165) is 0 Å². The molecule has 0 aliphatic rings. The van der Waals surface area contributed by atoms with Crippen molar-refractivity contribution in [2.45, 2.75) is 26.3 Å². The third kappa shape index (κ3) is 3.13. The van der Waals surface area contributed by atoms with Crippen LogP contribution in [-0.4, -0.2) is 23.8 Å². The van der Waals surface area contributed by atoms with Crippen LogP contribution in [0.25, 0.3) is 0 Å². The number of terminal acetylenes is 1. The molecule has 0 saturated carbocycles. The van der Waals surface area contributed by atoms with Crippen LogP contribution in [0.1, 0.15) is 20.8 Å². The Morgan fingerprint density at radius 1 is 1.50 bits per heavy atom. The summed E-state index contributed by atoms with van der Waals surface area (Å²) in [7, 11) is 1.95. The van der Waals surface area contributed by atoms with Gasteiger partial charge in [-0.25, -0.2) is 0 Å². The molecule has 0 N–H and O–H groups in total. The van der Waals surface area contributed by atoms with Crippen LogP contribution in [0.2, 0.25) is 0 Å². The van der Waals surface area contributed by atoms with Crippen molar-refractivity contribution in [2.75, 3.05) is 7.05 Å². The lowest BCUT2D eigenvalue weighted by Gasteiger charge is -2.29. The Bertz CT molecular complexity index is 157. The second-order valence-corrected chi connectivity index (χ2v) is 3.16. The summed E-state index contributed by atoms with van der Waals surface area (Å²) in [5.41, 5.74) is 0.0976. The minimum atomic E-state index is 0.0976. The highest BCUT2D eigenvalue weighted by atomic mass is 15.2. The lowest BCUT2D eigenvalue weighted by molar-refractivity contribution is 0.290. The number of hydrogen-bond acceptors (Lipinski definition) is 1. The first-order valence-electron chi connectivity index (χ1n) is 3.20. The van der Waals surface area contributed by atoms with Gasteiger partial charge in [-0.15, -0.1) is 0 Å². The van der Waals surface area contributed by atoms with Crippen LogP contribution in [0.4, 0.5) is 0 Å². The van der Waals surface area contributed by atoms with E-state index in [2.05, 4.69) is 31.8 Å². The fourth-order valence-electron chi connectivity index (χ4n) is 0.293. The Morgan fingerprint density at radius 2 is 2.00 bits per heavy atom. The quantitative estimate of drug-likeness (QED) is 0.303. The maximum absolute atomic E-state index is 4.95. The lowest BCUT2D eigenvalue weighted by atomic mass is 10.1. The van der Waals surface area contributed by atoms with Gasteiger partial charge in [0.05, 0.1) is 0 Å². The summed E-state index contributed by atoms with van der Waals surface area (Å²) in [6.45, 7) is 6.28. The summed E-state index contributed by atoms with van der Waals surface area (Å²) in [6.07, 6.45) is 6.60. The molecule has 2 heteroatoms. The first-order valence-corrected chi connectivity index (χ1v) is 3.20. The monoisotopic (exact) mass is 138 g/mol. The van der Waals surface area contributed by atoms with E-state index in [1.54, 1.807) is 6.34 Å². The van der Waals surface area contributed by atoms with Crippen LogP contribution in [0.3, 0.4) is 0 Å². The average Bonchev–Trinajstić information content (AvgIpc) is 1.80. The molecular formula is C8H14N2. The van der Waals surface area contributed by atoms with Gasteiger partial charge in [-0.1, -0.05) is 6.42 Å². The van der Waals surface area contributed by atoms with Crippen LogP contribution in [0.15, 0.2) is 4.99 Å². The molecule has 10 heavy (non-hydrogen) atoms. The first kappa shape index (κ1) is 9.03. The highest BCUT2D eigenvalue weighted by molar-refractivity contribution is 5.57. The van der Waals surface area contributed by atoms with Gasteiger partial charge in [0.1, 0.15) is 6.34 Å². The topological polar surface area (TPSA) is 15.6 Å². The standard InChI is InChI=1S/C8H14N2/c1-6-9-7-10(5)8(2,3)4/h1,7H,2-5H3. The molecule has 0 fully saturated rings. The molecule has 0 heterocycles. The third-order valence-electron chi connectivity index (χ3n) is 1.36. The van der Waals surface area contributed by atoms with Gasteiger partial charge >= 0.3 is 0 Å². The summed E-state index contributed by atoms with van der Waals surface area (Å²) in [4.78, 5) is 5.63. The number of nitrogens with zero attached hydrogens (tertiary/aromatic N) is 2. The molecule has 0 aromatic heterocycles. The van der Waals surface area contributed by atoms with Gasteiger partial charge in [0.2, 0.25) is 0 Å². The Morgan fingerprint density at radius 3 is 2.30 bits per heavy atom. The summed E-state index contributed by atoms with van der Waals surface area (Å²) >= 11 is 0. The van der Waals surface area contributed by atoms with Crippen molar-refractivity contribution in [1.82, 2.24) is 4.90 Å². The SMILES string of the molecule is C#CN=CN(C)C(C)(C)C. The fraction of sp³-hybridized carbons (Fsp3) is 0.625. The van der Waals surface area contributed by atoms with E-state index in [1.807, 2.05) is 11.9 Å². The zero-order valence-electron chi connectivity index (χ0n) is 7.05. The Kier molecular flexibility index (Phi) is 2.95. The van der Waals surface area contributed by atoms with Crippen molar-refractivity contribution < 1.29 is 0 Å². The second-order valence-electron chi connectivity index (χ2n) is 3.16. The first-order chi connectivity index (χ1) is 4.48. The van der Waals surface area contributed by atoms with Crippen LogP contribution >= 0.6 is 0 Å². The molecule has 0 radical (unpaired) electrons. The van der Waals surface area contributed by atoms with Crippen LogP contribution in [0, 0.1) is 12.5 Å². The number of rotatable bonds is 1. The predicted molar refractivity (Wildman–Crippen MR) is 44.8 cm³/mol. The normalized spacial score (nSPS) is 11.5. The van der Waals surface area contributed by atoms with E-state index in [0.29, 0.717) is 0 Å². The Hall–Kier alpha value is -0.970. The summed E-state index contributed by atoms with van der Waals surface area (Å²) in [5.74, 6) is 0. The summed E-state index contributed by atoms with van der Waals surface area (Å²) in [6, 6.07) is 2.20. The number of aliphatic imine (C=N–C) groups is 1. The van der Waals surface area contributed by atoms with Gasteiger partial charge in [0.25, 0.3) is 0 Å². The third-order valence-corrected chi connectivity index (χ3v) is 1.36. The van der Waals surface area contributed by atoms with Crippen molar-refractivity contribution in [1.29, 1.82) is 0 Å². The molecule has 2 nitrogen and oxygen atoms in total. The lowest BCUT2D eigenvalue weighted by Crippen LogP contribution is -2.36. The molecule has 56 valence electrons. The van der Waals surface area contributed by atoms with Gasteiger partial charge in [-0.3, -0.25) is 0 Å². The van der Waals surface area contributed by atoms with Crippen molar-refractivity contribution in [3.8, 4) is 12.5 Å². The molecule has 0 aromatic carbocycles. The van der Waals surface area contributed by atoms with Gasteiger partial charge in [0.15, 0.2) is 0 Å². The summed E-state index contributed by atoms with van der Waals surface area (Å²) < 4.78 is 0. The molecule has 0 aromatic rings. The number of hydrogen-bond donors (Lipinski definition) is 0. The minimum Gasteiger partial charge on any atom is -0.360 e. The molecule has 0 amide bonds. The molecule has 0 aliphatic heterocycles.